The number of imidazole rings is 1. The molecule has 0 radical (unpaired) electrons. The Balaban J connectivity index is 1.07. The average molecular weight is 1100 g/mol. The quantitative estimate of drug-likeness (QED) is 0.0474. The van der Waals surface area contributed by atoms with Gasteiger partial charge in [0.1, 0.15) is 47.4 Å². The number of nitrogens with one attached hydrogen (secondary N) is 8. The highest BCUT2D eigenvalue weighted by atomic mass is 16.6. The largest absolute Gasteiger partial charge is 0.481 e. The van der Waals surface area contributed by atoms with Gasteiger partial charge in [-0.1, -0.05) is 19.9 Å². The Morgan fingerprint density at radius 2 is 1.35 bits per heavy atom. The summed E-state index contributed by atoms with van der Waals surface area (Å²) in [4.78, 5) is 120. The number of benzene rings is 3. The van der Waals surface area contributed by atoms with Crippen molar-refractivity contribution < 1.29 is 52.9 Å². The summed E-state index contributed by atoms with van der Waals surface area (Å²) in [5.41, 5.74) is 6.03. The highest BCUT2D eigenvalue weighted by molar-refractivity contribution is 5.97. The van der Waals surface area contributed by atoms with E-state index in [4.69, 9.17) is 14.5 Å². The Morgan fingerprint density at radius 1 is 0.734 bits per heavy atom. The minimum atomic E-state index is -1.58. The van der Waals surface area contributed by atoms with Crippen LogP contribution in [0.15, 0.2) is 60.7 Å². The standard InChI is InChI=1S/C56H78N12O11/c1-32(2)48(65-52(75)40(20-21-46(72)78-55(4,5)6)63-53(76)43(30-45(70)71)58-33(3)69)54(77)64-44(31-47(73)79-56(7,8)9)51(74)57-22-23-67(11)36-15-12-34(13-16-36)49-59-38-18-14-35(28-41(38)61-49)50-60-39-19-17-37(29-42(39)62-50)68-26-24-66(10)25-27-68/h12-19,28-29,32,40,43-44,48,50,60,62H,20-27,30-31H2,1-11H3,(H,57,74)(H,58,69)(H,59,61)(H,63,76)(H,64,77)(H,65,75)(H,70,71)/t40-,43-,44-,48-,50?/m0/s1. The lowest BCUT2D eigenvalue weighted by atomic mass is 10.0. The van der Waals surface area contributed by atoms with Crippen LogP contribution in [0.2, 0.25) is 0 Å². The van der Waals surface area contributed by atoms with Gasteiger partial charge in [-0.05, 0) is 121 Å². The van der Waals surface area contributed by atoms with E-state index >= 15 is 0 Å². The molecule has 3 aromatic carbocycles. The topological polar surface area (TPSA) is 298 Å². The third-order valence-electron chi connectivity index (χ3n) is 13.1. The molecule has 0 bridgehead atoms. The van der Waals surface area contributed by atoms with E-state index in [2.05, 4.69) is 89.4 Å². The van der Waals surface area contributed by atoms with Crippen LogP contribution in [0.3, 0.4) is 0 Å². The molecule has 0 saturated carbocycles. The molecule has 79 heavy (non-hydrogen) atoms. The molecule has 0 aliphatic carbocycles. The van der Waals surface area contributed by atoms with Crippen LogP contribution < -0.4 is 47.0 Å². The highest BCUT2D eigenvalue weighted by Gasteiger charge is 2.35. The van der Waals surface area contributed by atoms with Crippen LogP contribution in [0.1, 0.15) is 99.7 Å². The lowest BCUT2D eigenvalue weighted by Crippen LogP contribution is -2.60. The fraction of sp³-hybridized carbons (Fsp3) is 0.518. The predicted octanol–water partition coefficient (Wildman–Crippen LogP) is 4.01. The summed E-state index contributed by atoms with van der Waals surface area (Å²) in [6, 6.07) is 14.6. The second-order valence-electron chi connectivity index (χ2n) is 22.5. The molecule has 23 heteroatoms. The van der Waals surface area contributed by atoms with Crippen molar-refractivity contribution in [3.63, 3.8) is 0 Å². The van der Waals surface area contributed by atoms with Gasteiger partial charge in [0.25, 0.3) is 0 Å². The zero-order valence-corrected chi connectivity index (χ0v) is 47.1. The number of carboxylic acid groups (broad SMARTS) is 1. The number of amides is 5. The number of hydrogen-bond donors (Lipinski definition) is 9. The second kappa shape index (κ2) is 26.1. The van der Waals surface area contributed by atoms with Gasteiger partial charge in [0, 0.05) is 76.6 Å². The molecule has 1 saturated heterocycles. The van der Waals surface area contributed by atoms with E-state index in [-0.39, 0.29) is 25.6 Å². The predicted molar refractivity (Wildman–Crippen MR) is 300 cm³/mol. The zero-order chi connectivity index (χ0) is 57.9. The smallest absolute Gasteiger partial charge is 0.308 e. The summed E-state index contributed by atoms with van der Waals surface area (Å²) in [6.45, 7) is 18.7. The Kier molecular flexibility index (Phi) is 19.9. The van der Waals surface area contributed by atoms with E-state index in [0.29, 0.717) is 12.4 Å². The molecule has 2 aliphatic rings. The Morgan fingerprint density at radius 3 is 1.99 bits per heavy atom. The number of aromatic nitrogens is 2. The van der Waals surface area contributed by atoms with E-state index in [9.17, 15) is 43.5 Å². The van der Waals surface area contributed by atoms with Gasteiger partial charge < -0.3 is 71.5 Å². The Bertz CT molecular complexity index is 2830. The van der Waals surface area contributed by atoms with E-state index in [1.165, 1.54) is 5.69 Å². The van der Waals surface area contributed by atoms with Gasteiger partial charge in [-0.3, -0.25) is 38.4 Å². The summed E-state index contributed by atoms with van der Waals surface area (Å²) < 4.78 is 10.9. The number of aromatic amines is 1. The van der Waals surface area contributed by atoms with Crippen molar-refractivity contribution in [1.29, 1.82) is 0 Å². The first kappa shape index (κ1) is 60.3. The lowest BCUT2D eigenvalue weighted by Gasteiger charge is -2.34. The molecular weight excluding hydrogens is 1020 g/mol. The van der Waals surface area contributed by atoms with Crippen LogP contribution in [0.5, 0.6) is 0 Å². The zero-order valence-electron chi connectivity index (χ0n) is 47.1. The van der Waals surface area contributed by atoms with Crippen LogP contribution in [0.4, 0.5) is 22.7 Å². The van der Waals surface area contributed by atoms with Gasteiger partial charge in [0.15, 0.2) is 0 Å². The maximum absolute atomic E-state index is 14.1. The molecular formula is C56H78N12O11. The van der Waals surface area contributed by atoms with Crippen molar-refractivity contribution in [2.24, 2.45) is 5.92 Å². The summed E-state index contributed by atoms with van der Waals surface area (Å²) in [7, 11) is 4.01. The van der Waals surface area contributed by atoms with Gasteiger partial charge >= 0.3 is 17.9 Å². The number of carbonyl (C=O) groups excluding carboxylic acids is 7. The molecule has 5 amide bonds. The number of carbonyl (C=O) groups is 8. The normalized spacial score (nSPS) is 16.0. The highest BCUT2D eigenvalue weighted by Crippen LogP contribution is 2.39. The molecule has 1 aromatic heterocycles. The van der Waals surface area contributed by atoms with Crippen LogP contribution in [0, 0.1) is 5.92 Å². The van der Waals surface area contributed by atoms with Crippen LogP contribution in [-0.2, 0) is 47.8 Å². The fourth-order valence-electron chi connectivity index (χ4n) is 9.00. The molecule has 0 spiro atoms. The summed E-state index contributed by atoms with van der Waals surface area (Å²) in [6.07, 6.45) is -2.19. The number of piperazine rings is 1. The molecule has 2 aliphatic heterocycles. The maximum atomic E-state index is 14.1. The summed E-state index contributed by atoms with van der Waals surface area (Å²) >= 11 is 0. The first-order chi connectivity index (χ1) is 37.1. The summed E-state index contributed by atoms with van der Waals surface area (Å²) in [5, 5.41) is 29.3. The third-order valence-corrected chi connectivity index (χ3v) is 13.1. The Labute approximate surface area is 461 Å². The van der Waals surface area contributed by atoms with Crippen molar-refractivity contribution in [3.05, 3.63) is 66.2 Å². The molecule has 1 unspecified atom stereocenters. The van der Waals surface area contributed by atoms with Crippen LogP contribution in [-0.4, -0.2) is 156 Å². The number of likely N-dealkylation sites (N-methyl/N-ethyl adjacent to an activating group) is 2. The number of carboxylic acids is 1. The van der Waals surface area contributed by atoms with Gasteiger partial charge in [0.05, 0.1) is 35.2 Å². The second-order valence-corrected chi connectivity index (χ2v) is 22.5. The minimum absolute atomic E-state index is 0.0988. The third kappa shape index (κ3) is 17.8. The van der Waals surface area contributed by atoms with Crippen molar-refractivity contribution in [1.82, 2.24) is 41.5 Å². The van der Waals surface area contributed by atoms with Gasteiger partial charge in [-0.25, -0.2) is 4.98 Å². The lowest BCUT2D eigenvalue weighted by molar-refractivity contribution is -0.157. The van der Waals surface area contributed by atoms with Crippen molar-refractivity contribution in [2.45, 2.75) is 130 Å². The number of anilines is 4. The molecule has 3 heterocycles. The first-order valence-corrected chi connectivity index (χ1v) is 26.6. The SMILES string of the molecule is CC(=O)N[C@@H](CC(=O)O)C(=O)N[C@@H](CCC(=O)OC(C)(C)C)C(=O)N[C@H](C(=O)N[C@@H](CC(=O)OC(C)(C)C)C(=O)NCCN(C)c1ccc(-c2nc3ccc(C4Nc5ccc(N6CCN(C)CC6)cc5N4)cc3[nH]2)cc1)C(C)C. The monoisotopic (exact) mass is 1090 g/mol. The van der Waals surface area contributed by atoms with Crippen molar-refractivity contribution >= 4 is 81.2 Å². The number of esters is 2. The van der Waals surface area contributed by atoms with Crippen LogP contribution >= 0.6 is 0 Å². The molecule has 428 valence electrons. The Hall–Kier alpha value is -7.95. The summed E-state index contributed by atoms with van der Waals surface area (Å²) in [5.74, 6) is -7.03. The number of fused-ring (bicyclic) bond motifs is 2. The van der Waals surface area contributed by atoms with Crippen LogP contribution in [0.25, 0.3) is 22.4 Å². The van der Waals surface area contributed by atoms with E-state index < -0.39 is 102 Å². The van der Waals surface area contributed by atoms with Gasteiger partial charge in [-0.15, -0.1) is 0 Å². The number of nitrogens with zero attached hydrogens (tertiary/aromatic N) is 4. The molecule has 5 atom stereocenters. The van der Waals surface area contributed by atoms with E-state index in [0.717, 1.165) is 72.3 Å². The number of ether oxygens (including phenoxy) is 2. The first-order valence-electron chi connectivity index (χ1n) is 26.6. The molecule has 4 aromatic rings. The molecule has 1 fully saturated rings. The van der Waals surface area contributed by atoms with Gasteiger partial charge in [0.2, 0.25) is 29.5 Å². The maximum Gasteiger partial charge on any atom is 0.308 e. The van der Waals surface area contributed by atoms with E-state index in [1.807, 2.05) is 42.3 Å². The van der Waals surface area contributed by atoms with Crippen molar-refractivity contribution in [2.75, 3.05) is 73.8 Å². The molecule has 9 N–H and O–H groups in total. The average Bonchev–Trinajstić information content (AvgIpc) is 4.08. The van der Waals surface area contributed by atoms with Crippen molar-refractivity contribution in [3.8, 4) is 11.4 Å². The fourth-order valence-corrected chi connectivity index (χ4v) is 9.00. The van der Waals surface area contributed by atoms with Gasteiger partial charge in [-0.2, -0.15) is 0 Å². The number of aliphatic carboxylic acids is 1. The molecule has 23 nitrogen and oxygen atoms in total. The molecule has 6 rings (SSSR count). The number of rotatable bonds is 23. The number of H-pyrrole nitrogens is 1. The minimum Gasteiger partial charge on any atom is -0.481 e. The van der Waals surface area contributed by atoms with E-state index in [1.54, 1.807) is 55.4 Å². The number of hydrogen-bond acceptors (Lipinski definition) is 16.